The third-order valence-corrected chi connectivity index (χ3v) is 2.75. The number of nitrogens with one attached hydrogen (secondary N) is 2. The zero-order chi connectivity index (χ0) is 12.1. The summed E-state index contributed by atoms with van der Waals surface area (Å²) >= 11 is 0. The van der Waals surface area contributed by atoms with Crippen LogP contribution in [0.3, 0.4) is 0 Å². The van der Waals surface area contributed by atoms with Crippen LogP contribution >= 0.6 is 0 Å². The summed E-state index contributed by atoms with van der Waals surface area (Å²) in [5, 5.41) is 5.84. The van der Waals surface area contributed by atoms with Gasteiger partial charge < -0.3 is 5.32 Å². The second-order valence-corrected chi connectivity index (χ2v) is 4.03. The number of carbonyl (C=O) groups is 1. The van der Waals surface area contributed by atoms with Crippen LogP contribution < -0.4 is 10.6 Å². The van der Waals surface area contributed by atoms with Gasteiger partial charge in [-0.1, -0.05) is 30.3 Å². The predicted molar refractivity (Wildman–Crippen MR) is 67.8 cm³/mol. The Bertz CT molecular complexity index is 414. The Hall–Kier alpha value is -1.84. The fraction of sp³-hybridized carbons (Fsp3) is 0.385. The van der Waals surface area contributed by atoms with Crippen LogP contribution in [0, 0.1) is 0 Å². The number of benzene rings is 1. The molecule has 1 aromatic carbocycles. The van der Waals surface area contributed by atoms with Gasteiger partial charge in [-0.2, -0.15) is 0 Å². The molecule has 90 valence electrons. The van der Waals surface area contributed by atoms with E-state index in [1.54, 1.807) is 0 Å². The van der Waals surface area contributed by atoms with Gasteiger partial charge in [0.25, 0.3) is 0 Å². The van der Waals surface area contributed by atoms with E-state index in [1.165, 1.54) is 5.56 Å². The van der Waals surface area contributed by atoms with E-state index in [-0.39, 0.29) is 11.9 Å². The normalized spacial score (nSPS) is 21.4. The average Bonchev–Trinajstić information content (AvgIpc) is 2.69. The number of amides is 1. The molecule has 0 aromatic heterocycles. The van der Waals surface area contributed by atoms with E-state index >= 15 is 0 Å². The first kappa shape index (κ1) is 11.6. The predicted octanol–water partition coefficient (Wildman–Crippen LogP) is 1.08. The van der Waals surface area contributed by atoms with Gasteiger partial charge in [-0.3, -0.25) is 15.1 Å². The molecule has 0 saturated carbocycles. The molecular formula is C13H17N3O. The molecule has 1 saturated heterocycles. The van der Waals surface area contributed by atoms with Crippen molar-refractivity contribution >= 4 is 11.9 Å². The van der Waals surface area contributed by atoms with Gasteiger partial charge in [0.1, 0.15) is 6.04 Å². The Kier molecular flexibility index (Phi) is 3.75. The molecule has 0 spiro atoms. The number of aryl methyl sites for hydroxylation is 1. The third kappa shape index (κ3) is 3.06. The topological polar surface area (TPSA) is 53.5 Å². The minimum absolute atomic E-state index is 0.0214. The van der Waals surface area contributed by atoms with Crippen molar-refractivity contribution in [3.8, 4) is 0 Å². The highest BCUT2D eigenvalue weighted by Crippen LogP contribution is 2.07. The second-order valence-electron chi connectivity index (χ2n) is 4.03. The van der Waals surface area contributed by atoms with Crippen molar-refractivity contribution < 1.29 is 4.79 Å². The van der Waals surface area contributed by atoms with Crippen molar-refractivity contribution in [2.75, 3.05) is 6.54 Å². The van der Waals surface area contributed by atoms with E-state index in [0.29, 0.717) is 12.5 Å². The number of hydrogen-bond donors (Lipinski definition) is 2. The third-order valence-electron chi connectivity index (χ3n) is 2.75. The summed E-state index contributed by atoms with van der Waals surface area (Å²) in [6.45, 7) is 2.62. The number of nitrogens with zero attached hydrogens (tertiary/aromatic N) is 1. The van der Waals surface area contributed by atoms with Gasteiger partial charge in [-0.05, 0) is 25.3 Å². The molecule has 0 radical (unpaired) electrons. The Morgan fingerprint density at radius 3 is 2.76 bits per heavy atom. The Morgan fingerprint density at radius 2 is 2.06 bits per heavy atom. The summed E-state index contributed by atoms with van der Waals surface area (Å²) in [7, 11) is 0. The maximum Gasteiger partial charge on any atom is 0.249 e. The van der Waals surface area contributed by atoms with Crippen molar-refractivity contribution in [2.45, 2.75) is 25.8 Å². The molecular weight excluding hydrogens is 214 g/mol. The highest BCUT2D eigenvalue weighted by Gasteiger charge is 2.27. The van der Waals surface area contributed by atoms with Gasteiger partial charge in [-0.25, -0.2) is 0 Å². The molecule has 1 fully saturated rings. The summed E-state index contributed by atoms with van der Waals surface area (Å²) in [5.41, 5.74) is 1.25. The standard InChI is InChI=1S/C13H17N3O/c1-2-14-13-15-11(12(17)16-13)9-8-10-6-4-3-5-7-10/h3-7,11H,2,8-9H2,1H3,(H2,14,15,16,17). The molecule has 1 aliphatic heterocycles. The monoisotopic (exact) mass is 231 g/mol. The fourth-order valence-corrected chi connectivity index (χ4v) is 1.87. The molecule has 1 heterocycles. The Balaban J connectivity index is 1.88. The first-order chi connectivity index (χ1) is 8.29. The smallest absolute Gasteiger partial charge is 0.249 e. The maximum atomic E-state index is 11.6. The SMILES string of the molecule is CCN=C1NC(=O)C(CCc2ccccc2)N1. The molecule has 2 rings (SSSR count). The van der Waals surface area contributed by atoms with Crippen LogP contribution in [-0.2, 0) is 11.2 Å². The minimum Gasteiger partial charge on any atom is -0.344 e. The lowest BCUT2D eigenvalue weighted by Gasteiger charge is -2.07. The lowest BCUT2D eigenvalue weighted by molar-refractivity contribution is -0.120. The van der Waals surface area contributed by atoms with Gasteiger partial charge in [0, 0.05) is 6.54 Å². The zero-order valence-corrected chi connectivity index (χ0v) is 9.94. The number of aliphatic imine (C=N–C) groups is 1. The molecule has 2 N–H and O–H groups in total. The molecule has 1 amide bonds. The minimum atomic E-state index is -0.152. The van der Waals surface area contributed by atoms with Crippen LogP contribution in [0.1, 0.15) is 18.9 Å². The van der Waals surface area contributed by atoms with E-state index in [4.69, 9.17) is 0 Å². The highest BCUT2D eigenvalue weighted by molar-refractivity contribution is 6.06. The van der Waals surface area contributed by atoms with Crippen molar-refractivity contribution in [1.82, 2.24) is 10.6 Å². The van der Waals surface area contributed by atoms with Gasteiger partial charge in [0.2, 0.25) is 5.91 Å². The molecule has 4 heteroatoms. The molecule has 1 unspecified atom stereocenters. The summed E-state index contributed by atoms with van der Waals surface area (Å²) in [5.74, 6) is 0.628. The van der Waals surface area contributed by atoms with Gasteiger partial charge >= 0.3 is 0 Å². The van der Waals surface area contributed by atoms with E-state index in [0.717, 1.165) is 12.8 Å². The van der Waals surface area contributed by atoms with Crippen molar-refractivity contribution in [3.05, 3.63) is 35.9 Å². The summed E-state index contributed by atoms with van der Waals surface area (Å²) in [4.78, 5) is 15.8. The fourth-order valence-electron chi connectivity index (χ4n) is 1.87. The van der Waals surface area contributed by atoms with Crippen LogP contribution in [0.4, 0.5) is 0 Å². The summed E-state index contributed by atoms with van der Waals surface area (Å²) in [6.07, 6.45) is 1.68. The van der Waals surface area contributed by atoms with Crippen molar-refractivity contribution in [3.63, 3.8) is 0 Å². The quantitative estimate of drug-likeness (QED) is 0.814. The lowest BCUT2D eigenvalue weighted by atomic mass is 10.1. The van der Waals surface area contributed by atoms with Gasteiger partial charge in [0.05, 0.1) is 0 Å². The van der Waals surface area contributed by atoms with Crippen LogP contribution in [0.2, 0.25) is 0 Å². The average molecular weight is 231 g/mol. The van der Waals surface area contributed by atoms with Crippen molar-refractivity contribution in [1.29, 1.82) is 0 Å². The van der Waals surface area contributed by atoms with E-state index in [2.05, 4.69) is 27.8 Å². The molecule has 1 aliphatic rings. The molecule has 0 bridgehead atoms. The highest BCUT2D eigenvalue weighted by atomic mass is 16.2. The number of carbonyl (C=O) groups excluding carboxylic acids is 1. The van der Waals surface area contributed by atoms with Crippen LogP contribution in [0.15, 0.2) is 35.3 Å². The molecule has 1 atom stereocenters. The molecule has 1 aromatic rings. The van der Waals surface area contributed by atoms with E-state index in [9.17, 15) is 4.79 Å². The number of rotatable bonds is 4. The molecule has 0 aliphatic carbocycles. The summed E-state index contributed by atoms with van der Waals surface area (Å²) < 4.78 is 0. The number of hydrogen-bond acceptors (Lipinski definition) is 2. The van der Waals surface area contributed by atoms with Gasteiger partial charge in [0.15, 0.2) is 5.96 Å². The Labute approximate surface area is 101 Å². The molecule has 4 nitrogen and oxygen atoms in total. The maximum absolute atomic E-state index is 11.6. The van der Waals surface area contributed by atoms with Crippen LogP contribution in [0.5, 0.6) is 0 Å². The van der Waals surface area contributed by atoms with Crippen LogP contribution in [0.25, 0.3) is 0 Å². The lowest BCUT2D eigenvalue weighted by Crippen LogP contribution is -2.29. The van der Waals surface area contributed by atoms with E-state index < -0.39 is 0 Å². The second kappa shape index (κ2) is 5.48. The number of guanidine groups is 1. The first-order valence-corrected chi connectivity index (χ1v) is 5.95. The molecule has 17 heavy (non-hydrogen) atoms. The van der Waals surface area contributed by atoms with E-state index in [1.807, 2.05) is 25.1 Å². The largest absolute Gasteiger partial charge is 0.344 e. The first-order valence-electron chi connectivity index (χ1n) is 5.95. The van der Waals surface area contributed by atoms with Crippen molar-refractivity contribution in [2.24, 2.45) is 4.99 Å². The zero-order valence-electron chi connectivity index (χ0n) is 9.94. The summed E-state index contributed by atoms with van der Waals surface area (Å²) in [6, 6.07) is 10.0. The Morgan fingerprint density at radius 1 is 1.29 bits per heavy atom. The van der Waals surface area contributed by atoms with Crippen LogP contribution in [-0.4, -0.2) is 24.5 Å². The van der Waals surface area contributed by atoms with Gasteiger partial charge in [-0.15, -0.1) is 0 Å².